The highest BCUT2D eigenvalue weighted by Crippen LogP contribution is 2.33. The van der Waals surface area contributed by atoms with E-state index in [4.69, 9.17) is 5.73 Å². The van der Waals surface area contributed by atoms with E-state index in [0.29, 0.717) is 0 Å². The van der Waals surface area contributed by atoms with Gasteiger partial charge >= 0.3 is 0 Å². The maximum absolute atomic E-state index is 6.01. The predicted molar refractivity (Wildman–Crippen MR) is 82.2 cm³/mol. The van der Waals surface area contributed by atoms with Gasteiger partial charge < -0.3 is 10.6 Å². The molecule has 1 aliphatic rings. The average molecular weight is 311 g/mol. The van der Waals surface area contributed by atoms with Crippen LogP contribution in [0, 0.1) is 0 Å². The molecule has 1 saturated carbocycles. The Morgan fingerprint density at radius 1 is 1.44 bits per heavy atom. The third-order valence-electron chi connectivity index (χ3n) is 4.04. The van der Waals surface area contributed by atoms with Gasteiger partial charge in [-0.2, -0.15) is 0 Å². The summed E-state index contributed by atoms with van der Waals surface area (Å²) in [4.78, 5) is 2.40. The Labute approximate surface area is 119 Å². The van der Waals surface area contributed by atoms with Crippen molar-refractivity contribution in [3.63, 3.8) is 0 Å². The molecule has 0 aliphatic heterocycles. The third-order valence-corrected chi connectivity index (χ3v) is 4.67. The molecule has 0 amide bonds. The molecule has 0 aromatic heterocycles. The van der Waals surface area contributed by atoms with E-state index < -0.39 is 0 Å². The SMILES string of the molecule is CCC(N)Cc1ccc(N(C)C2CCC2)c(Br)c1. The van der Waals surface area contributed by atoms with E-state index in [1.165, 1.54) is 35.0 Å². The third kappa shape index (κ3) is 3.07. The summed E-state index contributed by atoms with van der Waals surface area (Å²) in [6, 6.07) is 7.66. The summed E-state index contributed by atoms with van der Waals surface area (Å²) in [5, 5.41) is 0. The van der Waals surface area contributed by atoms with E-state index in [1.807, 2.05) is 0 Å². The van der Waals surface area contributed by atoms with Gasteiger partial charge in [-0.15, -0.1) is 0 Å². The molecule has 18 heavy (non-hydrogen) atoms. The summed E-state index contributed by atoms with van der Waals surface area (Å²) in [5.74, 6) is 0. The number of nitrogens with two attached hydrogens (primary N) is 1. The maximum atomic E-state index is 6.01. The Bertz CT molecular complexity index is 401. The molecule has 3 heteroatoms. The fourth-order valence-electron chi connectivity index (χ4n) is 2.38. The van der Waals surface area contributed by atoms with Gasteiger partial charge in [-0.1, -0.05) is 13.0 Å². The summed E-state index contributed by atoms with van der Waals surface area (Å²) >= 11 is 3.70. The van der Waals surface area contributed by atoms with E-state index in [1.54, 1.807) is 0 Å². The van der Waals surface area contributed by atoms with Crippen LogP contribution in [0.1, 0.15) is 38.2 Å². The van der Waals surface area contributed by atoms with E-state index in [9.17, 15) is 0 Å². The molecule has 2 N–H and O–H groups in total. The molecule has 2 rings (SSSR count). The summed E-state index contributed by atoms with van der Waals surface area (Å²) in [5.41, 5.74) is 8.63. The van der Waals surface area contributed by atoms with Crippen LogP contribution in [0.25, 0.3) is 0 Å². The molecule has 2 nitrogen and oxygen atoms in total. The second-order valence-corrected chi connectivity index (χ2v) is 6.21. The van der Waals surface area contributed by atoms with Crippen molar-refractivity contribution in [3.05, 3.63) is 28.2 Å². The first kappa shape index (κ1) is 13.9. The molecule has 1 unspecified atom stereocenters. The van der Waals surface area contributed by atoms with E-state index >= 15 is 0 Å². The second kappa shape index (κ2) is 6.07. The van der Waals surface area contributed by atoms with Crippen molar-refractivity contribution in [3.8, 4) is 0 Å². The molecular formula is C15H23BrN2. The van der Waals surface area contributed by atoms with Crippen LogP contribution in [0.15, 0.2) is 22.7 Å². The van der Waals surface area contributed by atoms with Crippen molar-refractivity contribution >= 4 is 21.6 Å². The normalized spacial score (nSPS) is 17.3. The zero-order valence-electron chi connectivity index (χ0n) is 11.3. The summed E-state index contributed by atoms with van der Waals surface area (Å²) in [6.07, 6.45) is 6.01. The fourth-order valence-corrected chi connectivity index (χ4v) is 3.09. The van der Waals surface area contributed by atoms with Crippen LogP contribution in [0.2, 0.25) is 0 Å². The molecule has 1 aliphatic carbocycles. The largest absolute Gasteiger partial charge is 0.371 e. The van der Waals surface area contributed by atoms with Crippen molar-refractivity contribution in [2.24, 2.45) is 5.73 Å². The quantitative estimate of drug-likeness (QED) is 0.898. The van der Waals surface area contributed by atoms with Gasteiger partial charge in [-0.25, -0.2) is 0 Å². The predicted octanol–water partition coefficient (Wildman–Crippen LogP) is 3.72. The summed E-state index contributed by atoms with van der Waals surface area (Å²) in [7, 11) is 2.20. The van der Waals surface area contributed by atoms with Gasteiger partial charge in [0, 0.05) is 23.6 Å². The number of hydrogen-bond donors (Lipinski definition) is 1. The van der Waals surface area contributed by atoms with Crippen LogP contribution in [0.4, 0.5) is 5.69 Å². The first-order valence-electron chi connectivity index (χ1n) is 6.88. The van der Waals surface area contributed by atoms with Gasteiger partial charge in [0.1, 0.15) is 0 Å². The van der Waals surface area contributed by atoms with Gasteiger partial charge in [0.25, 0.3) is 0 Å². The number of halogens is 1. The standard InChI is InChI=1S/C15H23BrN2/c1-3-12(17)9-11-7-8-15(14(16)10-11)18(2)13-5-4-6-13/h7-8,10,12-13H,3-6,9,17H2,1-2H3. The number of rotatable bonds is 5. The number of benzene rings is 1. The molecule has 1 aromatic carbocycles. The molecule has 0 heterocycles. The van der Waals surface area contributed by atoms with E-state index in [2.05, 4.69) is 53.0 Å². The van der Waals surface area contributed by atoms with Crippen molar-refractivity contribution in [2.75, 3.05) is 11.9 Å². The molecule has 0 saturated heterocycles. The lowest BCUT2D eigenvalue weighted by Gasteiger charge is -2.37. The van der Waals surface area contributed by atoms with Crippen LogP contribution in [-0.4, -0.2) is 19.1 Å². The number of anilines is 1. The topological polar surface area (TPSA) is 29.3 Å². The minimum Gasteiger partial charge on any atom is -0.371 e. The Morgan fingerprint density at radius 3 is 2.67 bits per heavy atom. The highest BCUT2D eigenvalue weighted by atomic mass is 79.9. The zero-order chi connectivity index (χ0) is 13.1. The molecule has 100 valence electrons. The number of hydrogen-bond acceptors (Lipinski definition) is 2. The first-order chi connectivity index (χ1) is 8.61. The molecular weight excluding hydrogens is 288 g/mol. The molecule has 0 bridgehead atoms. The summed E-state index contributed by atoms with van der Waals surface area (Å²) in [6.45, 7) is 2.14. The minimum atomic E-state index is 0.270. The Morgan fingerprint density at radius 2 is 2.17 bits per heavy atom. The highest BCUT2D eigenvalue weighted by molar-refractivity contribution is 9.10. The lowest BCUT2D eigenvalue weighted by molar-refractivity contribution is 0.401. The van der Waals surface area contributed by atoms with Crippen molar-refractivity contribution in [2.45, 2.75) is 51.1 Å². The molecule has 0 spiro atoms. The van der Waals surface area contributed by atoms with Crippen molar-refractivity contribution in [1.82, 2.24) is 0 Å². The Hall–Kier alpha value is -0.540. The van der Waals surface area contributed by atoms with Gasteiger partial charge in [-0.3, -0.25) is 0 Å². The van der Waals surface area contributed by atoms with E-state index in [0.717, 1.165) is 18.9 Å². The zero-order valence-corrected chi connectivity index (χ0v) is 12.9. The van der Waals surface area contributed by atoms with Crippen molar-refractivity contribution < 1.29 is 0 Å². The van der Waals surface area contributed by atoms with Gasteiger partial charge in [0.15, 0.2) is 0 Å². The second-order valence-electron chi connectivity index (χ2n) is 5.35. The average Bonchev–Trinajstić information content (AvgIpc) is 2.26. The molecule has 1 fully saturated rings. The highest BCUT2D eigenvalue weighted by Gasteiger charge is 2.23. The van der Waals surface area contributed by atoms with Crippen LogP contribution < -0.4 is 10.6 Å². The maximum Gasteiger partial charge on any atom is 0.0510 e. The molecule has 1 atom stereocenters. The minimum absolute atomic E-state index is 0.270. The molecule has 1 aromatic rings. The lowest BCUT2D eigenvalue weighted by Crippen LogP contribution is -2.37. The van der Waals surface area contributed by atoms with Gasteiger partial charge in [-0.05, 0) is 65.7 Å². The smallest absolute Gasteiger partial charge is 0.0510 e. The molecule has 0 radical (unpaired) electrons. The fraction of sp³-hybridized carbons (Fsp3) is 0.600. The first-order valence-corrected chi connectivity index (χ1v) is 7.68. The number of nitrogens with zero attached hydrogens (tertiary/aromatic N) is 1. The Kier molecular flexibility index (Phi) is 4.68. The van der Waals surface area contributed by atoms with Crippen LogP contribution >= 0.6 is 15.9 Å². The van der Waals surface area contributed by atoms with Crippen LogP contribution in [0.3, 0.4) is 0 Å². The summed E-state index contributed by atoms with van der Waals surface area (Å²) < 4.78 is 1.19. The van der Waals surface area contributed by atoms with E-state index in [-0.39, 0.29) is 6.04 Å². The van der Waals surface area contributed by atoms with Crippen LogP contribution in [0.5, 0.6) is 0 Å². The van der Waals surface area contributed by atoms with Gasteiger partial charge in [0.2, 0.25) is 0 Å². The lowest BCUT2D eigenvalue weighted by atomic mass is 9.91. The van der Waals surface area contributed by atoms with Crippen LogP contribution in [-0.2, 0) is 6.42 Å². The van der Waals surface area contributed by atoms with Gasteiger partial charge in [0.05, 0.1) is 5.69 Å². The Balaban J connectivity index is 2.09. The van der Waals surface area contributed by atoms with Crippen molar-refractivity contribution in [1.29, 1.82) is 0 Å². The monoisotopic (exact) mass is 310 g/mol.